The van der Waals surface area contributed by atoms with Crippen LogP contribution in [0.25, 0.3) is 0 Å². The summed E-state index contributed by atoms with van der Waals surface area (Å²) in [5.41, 5.74) is 1.78. The molecule has 1 saturated heterocycles. The molecule has 0 bridgehead atoms. The average Bonchev–Trinajstić information content (AvgIpc) is 2.92. The maximum Gasteiger partial charge on any atom is 0.239 e. The van der Waals surface area contributed by atoms with Gasteiger partial charge in [-0.2, -0.15) is 5.10 Å². The van der Waals surface area contributed by atoms with E-state index in [0.717, 1.165) is 11.1 Å². The standard InChI is InChI=1S/C17H13Cl2N3OS/c18-13-6-7-14(19)12(8-13)9-15-16(23)21-17(24-15)22-20-10-11-4-2-1-3-5-11/h1-8,10,15H,9H2,(H,21,22,23)/b20-10-/t15-/m0/s1. The Balaban J connectivity index is 1.66. The second kappa shape index (κ2) is 7.83. The molecule has 0 radical (unpaired) electrons. The summed E-state index contributed by atoms with van der Waals surface area (Å²) >= 11 is 13.5. The molecule has 2 aromatic rings. The number of rotatable bonds is 4. The summed E-state index contributed by atoms with van der Waals surface area (Å²) in [6, 6.07) is 14.9. The van der Waals surface area contributed by atoms with E-state index in [0.29, 0.717) is 21.6 Å². The molecule has 1 amide bonds. The topological polar surface area (TPSA) is 53.8 Å². The van der Waals surface area contributed by atoms with Crippen molar-refractivity contribution in [1.29, 1.82) is 0 Å². The summed E-state index contributed by atoms with van der Waals surface area (Å²) in [5, 5.41) is 12.2. The van der Waals surface area contributed by atoms with Crippen molar-refractivity contribution >= 4 is 52.3 Å². The largest absolute Gasteiger partial charge is 0.303 e. The Morgan fingerprint density at radius 2 is 1.96 bits per heavy atom. The minimum atomic E-state index is -0.299. The van der Waals surface area contributed by atoms with Crippen LogP contribution in [0.5, 0.6) is 0 Å². The van der Waals surface area contributed by atoms with Crippen molar-refractivity contribution in [2.24, 2.45) is 10.2 Å². The van der Waals surface area contributed by atoms with Gasteiger partial charge >= 0.3 is 0 Å². The molecule has 2 aromatic carbocycles. The Hall–Kier alpha value is -1.82. The van der Waals surface area contributed by atoms with Gasteiger partial charge < -0.3 is 5.32 Å². The molecule has 0 aliphatic carbocycles. The Kier molecular flexibility index (Phi) is 5.56. The van der Waals surface area contributed by atoms with Crippen LogP contribution < -0.4 is 5.32 Å². The van der Waals surface area contributed by atoms with Crippen molar-refractivity contribution in [3.63, 3.8) is 0 Å². The molecule has 24 heavy (non-hydrogen) atoms. The third-order valence-corrected chi connectivity index (χ3v) is 5.02. The molecule has 0 unspecified atom stereocenters. The molecular formula is C17H13Cl2N3OS. The lowest BCUT2D eigenvalue weighted by atomic mass is 10.1. The van der Waals surface area contributed by atoms with Gasteiger partial charge in [0.05, 0.1) is 11.5 Å². The molecule has 4 nitrogen and oxygen atoms in total. The summed E-state index contributed by atoms with van der Waals surface area (Å²) in [4.78, 5) is 12.1. The van der Waals surface area contributed by atoms with Crippen molar-refractivity contribution < 1.29 is 4.79 Å². The first-order chi connectivity index (χ1) is 11.6. The third-order valence-electron chi connectivity index (χ3n) is 3.34. The maximum atomic E-state index is 12.1. The third kappa shape index (κ3) is 4.38. The number of hydrogen-bond donors (Lipinski definition) is 1. The van der Waals surface area contributed by atoms with Crippen molar-refractivity contribution in [1.82, 2.24) is 5.32 Å². The van der Waals surface area contributed by atoms with Gasteiger partial charge in [0, 0.05) is 10.0 Å². The van der Waals surface area contributed by atoms with Crippen LogP contribution >= 0.6 is 35.0 Å². The zero-order chi connectivity index (χ0) is 16.9. The lowest BCUT2D eigenvalue weighted by molar-refractivity contribution is -0.118. The van der Waals surface area contributed by atoms with Gasteiger partial charge in [0.25, 0.3) is 0 Å². The van der Waals surface area contributed by atoms with E-state index in [1.54, 1.807) is 24.4 Å². The first-order valence-electron chi connectivity index (χ1n) is 7.19. The van der Waals surface area contributed by atoms with E-state index in [9.17, 15) is 4.79 Å². The number of nitrogens with one attached hydrogen (secondary N) is 1. The van der Waals surface area contributed by atoms with Gasteiger partial charge in [0.2, 0.25) is 5.91 Å². The molecule has 1 N–H and O–H groups in total. The van der Waals surface area contributed by atoms with Crippen molar-refractivity contribution in [3.8, 4) is 0 Å². The Morgan fingerprint density at radius 1 is 1.17 bits per heavy atom. The smallest absolute Gasteiger partial charge is 0.239 e. The fraction of sp³-hybridized carbons (Fsp3) is 0.118. The van der Waals surface area contributed by atoms with Crippen molar-refractivity contribution in [2.75, 3.05) is 0 Å². The van der Waals surface area contributed by atoms with Gasteiger partial charge in [0.1, 0.15) is 0 Å². The van der Waals surface area contributed by atoms with Crippen molar-refractivity contribution in [2.45, 2.75) is 11.7 Å². The van der Waals surface area contributed by atoms with Crippen LogP contribution in [0, 0.1) is 0 Å². The summed E-state index contributed by atoms with van der Waals surface area (Å²) in [6.45, 7) is 0. The molecule has 1 aliphatic heterocycles. The van der Waals surface area contributed by atoms with E-state index in [2.05, 4.69) is 15.5 Å². The SMILES string of the molecule is O=C1N/C(=N\N=C/c2ccccc2)S[C@H]1Cc1cc(Cl)ccc1Cl. The zero-order valence-corrected chi connectivity index (χ0v) is 14.8. The molecule has 0 aromatic heterocycles. The zero-order valence-electron chi connectivity index (χ0n) is 12.4. The summed E-state index contributed by atoms with van der Waals surface area (Å²) in [7, 11) is 0. The molecule has 0 saturated carbocycles. The van der Waals surface area contributed by atoms with Gasteiger partial charge in [-0.05, 0) is 35.7 Å². The fourth-order valence-corrected chi connectivity index (χ4v) is 3.51. The number of benzene rings is 2. The van der Waals surface area contributed by atoms with Gasteiger partial charge in [0.15, 0.2) is 5.17 Å². The summed E-state index contributed by atoms with van der Waals surface area (Å²) < 4.78 is 0. The van der Waals surface area contributed by atoms with Crippen LogP contribution in [0.3, 0.4) is 0 Å². The Labute approximate surface area is 154 Å². The van der Waals surface area contributed by atoms with Crippen LogP contribution in [0.2, 0.25) is 10.0 Å². The molecule has 0 spiro atoms. The van der Waals surface area contributed by atoms with Gasteiger partial charge in [-0.3, -0.25) is 4.79 Å². The lowest BCUT2D eigenvalue weighted by Gasteiger charge is -2.07. The van der Waals surface area contributed by atoms with Gasteiger partial charge in [-0.25, -0.2) is 0 Å². The van der Waals surface area contributed by atoms with E-state index in [1.165, 1.54) is 11.8 Å². The second-order valence-electron chi connectivity index (χ2n) is 5.10. The van der Waals surface area contributed by atoms with E-state index < -0.39 is 0 Å². The lowest BCUT2D eigenvalue weighted by Crippen LogP contribution is -2.26. The number of amidine groups is 1. The highest BCUT2D eigenvalue weighted by Gasteiger charge is 2.31. The second-order valence-corrected chi connectivity index (χ2v) is 7.13. The van der Waals surface area contributed by atoms with E-state index >= 15 is 0 Å². The molecule has 122 valence electrons. The van der Waals surface area contributed by atoms with Crippen LogP contribution in [0.4, 0.5) is 0 Å². The number of carbonyl (C=O) groups excluding carboxylic acids is 1. The van der Waals surface area contributed by atoms with Crippen LogP contribution in [0.15, 0.2) is 58.7 Å². The minimum Gasteiger partial charge on any atom is -0.303 e. The number of carbonyl (C=O) groups is 1. The first-order valence-corrected chi connectivity index (χ1v) is 8.83. The number of halogens is 2. The highest BCUT2D eigenvalue weighted by molar-refractivity contribution is 8.15. The quantitative estimate of drug-likeness (QED) is 0.642. The average molecular weight is 378 g/mol. The highest BCUT2D eigenvalue weighted by Crippen LogP contribution is 2.28. The van der Waals surface area contributed by atoms with Crippen molar-refractivity contribution in [3.05, 3.63) is 69.7 Å². The first kappa shape index (κ1) is 17.0. The van der Waals surface area contributed by atoms with E-state index in [4.69, 9.17) is 23.2 Å². The molecule has 1 heterocycles. The fourth-order valence-electron chi connectivity index (χ4n) is 2.17. The molecule has 7 heteroatoms. The molecular weight excluding hydrogens is 365 g/mol. The Morgan fingerprint density at radius 3 is 2.75 bits per heavy atom. The minimum absolute atomic E-state index is 0.107. The number of nitrogens with zero attached hydrogens (tertiary/aromatic N) is 2. The molecule has 1 fully saturated rings. The molecule has 1 aliphatic rings. The predicted octanol–water partition coefficient (Wildman–Crippen LogP) is 4.16. The summed E-state index contributed by atoms with van der Waals surface area (Å²) in [6.07, 6.45) is 2.12. The number of amides is 1. The molecule has 3 rings (SSSR count). The van der Waals surface area contributed by atoms with Crippen LogP contribution in [0.1, 0.15) is 11.1 Å². The van der Waals surface area contributed by atoms with Crippen LogP contribution in [-0.2, 0) is 11.2 Å². The van der Waals surface area contributed by atoms with Crippen LogP contribution in [-0.4, -0.2) is 22.5 Å². The Bertz CT molecular complexity index is 809. The summed E-state index contributed by atoms with van der Waals surface area (Å²) in [5.74, 6) is -0.107. The monoisotopic (exact) mass is 377 g/mol. The number of thioether (sulfide) groups is 1. The maximum absolute atomic E-state index is 12.1. The van der Waals surface area contributed by atoms with Gasteiger partial charge in [-0.1, -0.05) is 65.3 Å². The normalized spacial score (nSPS) is 19.2. The highest BCUT2D eigenvalue weighted by atomic mass is 35.5. The van der Waals surface area contributed by atoms with E-state index in [1.807, 2.05) is 30.3 Å². The van der Waals surface area contributed by atoms with Gasteiger partial charge in [-0.15, -0.1) is 5.10 Å². The molecule has 1 atom stereocenters. The predicted molar refractivity (Wildman–Crippen MR) is 101 cm³/mol. The van der Waals surface area contributed by atoms with E-state index in [-0.39, 0.29) is 11.2 Å². The number of hydrogen-bond acceptors (Lipinski definition) is 4.